The molecule has 12 heteroatoms. The minimum atomic E-state index is -0.566. The molecule has 9 nitrogen and oxygen atoms in total. The molecule has 0 saturated carbocycles. The van der Waals surface area contributed by atoms with E-state index >= 15 is 0 Å². The summed E-state index contributed by atoms with van der Waals surface area (Å²) in [5.41, 5.74) is 0.477. The van der Waals surface area contributed by atoms with Gasteiger partial charge in [-0.25, -0.2) is 9.78 Å². The van der Waals surface area contributed by atoms with Crippen molar-refractivity contribution in [3.05, 3.63) is 32.0 Å². The molecule has 0 spiro atoms. The number of halogens is 2. The largest absolute Gasteiger partial charge is 0.462 e. The predicted molar refractivity (Wildman–Crippen MR) is 134 cm³/mol. The van der Waals surface area contributed by atoms with Crippen molar-refractivity contribution in [2.75, 3.05) is 24.6 Å². The van der Waals surface area contributed by atoms with Crippen LogP contribution in [0.15, 0.2) is 0 Å². The number of anilines is 1. The highest BCUT2D eigenvalue weighted by Gasteiger charge is 2.30. The summed E-state index contributed by atoms with van der Waals surface area (Å²) in [6, 6.07) is -0.0599. The number of piperidine rings is 1. The van der Waals surface area contributed by atoms with Gasteiger partial charge in [-0.05, 0) is 47.5 Å². The predicted octanol–water partition coefficient (Wildman–Crippen LogP) is 4.19. The fourth-order valence-electron chi connectivity index (χ4n) is 3.53. The second-order valence-electron chi connectivity index (χ2n) is 9.09. The van der Waals surface area contributed by atoms with Crippen LogP contribution in [0, 0.1) is 6.92 Å². The molecule has 2 amide bonds. The van der Waals surface area contributed by atoms with Gasteiger partial charge in [0.15, 0.2) is 10.8 Å². The molecule has 0 atom stereocenters. The summed E-state index contributed by atoms with van der Waals surface area (Å²) in [5, 5.41) is 6.97. The first-order valence-corrected chi connectivity index (χ1v) is 12.6. The number of thiazole rings is 1. The monoisotopic (exact) mass is 529 g/mol. The Morgan fingerprint density at radius 3 is 2.35 bits per heavy atom. The maximum atomic E-state index is 12.8. The molecule has 34 heavy (non-hydrogen) atoms. The van der Waals surface area contributed by atoms with Gasteiger partial charge in [0.25, 0.3) is 11.8 Å². The molecule has 0 unspecified atom stereocenters. The molecule has 186 valence electrons. The summed E-state index contributed by atoms with van der Waals surface area (Å²) in [4.78, 5) is 47.5. The van der Waals surface area contributed by atoms with Crippen molar-refractivity contribution in [2.24, 2.45) is 0 Å². The van der Waals surface area contributed by atoms with Gasteiger partial charge in [0.1, 0.15) is 10.6 Å². The minimum Gasteiger partial charge on any atom is -0.462 e. The number of ether oxygens (including phenoxy) is 1. The Labute approximate surface area is 212 Å². The van der Waals surface area contributed by atoms with Gasteiger partial charge in [-0.3, -0.25) is 9.59 Å². The van der Waals surface area contributed by atoms with Crippen molar-refractivity contribution in [3.63, 3.8) is 0 Å². The molecule has 2 aromatic heterocycles. The van der Waals surface area contributed by atoms with Crippen molar-refractivity contribution in [1.82, 2.24) is 20.6 Å². The van der Waals surface area contributed by atoms with E-state index in [0.29, 0.717) is 41.8 Å². The molecular formula is C22H29Cl2N5O4S. The van der Waals surface area contributed by atoms with Gasteiger partial charge in [-0.1, -0.05) is 34.5 Å². The summed E-state index contributed by atoms with van der Waals surface area (Å²) in [6.07, 6.45) is 1.32. The first kappa shape index (κ1) is 26.3. The molecule has 3 N–H and O–H groups in total. The summed E-state index contributed by atoms with van der Waals surface area (Å²) in [5.74, 6) is -1.29. The van der Waals surface area contributed by atoms with Crippen molar-refractivity contribution < 1.29 is 19.1 Å². The lowest BCUT2D eigenvalue weighted by Crippen LogP contribution is -2.45. The van der Waals surface area contributed by atoms with Gasteiger partial charge < -0.3 is 25.3 Å². The number of esters is 1. The van der Waals surface area contributed by atoms with Gasteiger partial charge in [-0.15, -0.1) is 0 Å². The minimum absolute atomic E-state index is 0.0599. The Hall–Kier alpha value is -2.30. The summed E-state index contributed by atoms with van der Waals surface area (Å²) >= 11 is 13.4. The first-order chi connectivity index (χ1) is 15.9. The molecule has 0 aromatic carbocycles. The van der Waals surface area contributed by atoms with E-state index in [2.05, 4.69) is 20.6 Å². The number of amides is 2. The van der Waals surface area contributed by atoms with Crippen LogP contribution in [0.3, 0.4) is 0 Å². The molecule has 1 fully saturated rings. The second-order valence-corrected chi connectivity index (χ2v) is 10.8. The Bertz CT molecular complexity index is 1080. The van der Waals surface area contributed by atoms with E-state index in [-0.39, 0.29) is 39.8 Å². The number of carbonyl (C=O) groups excluding carboxylic acids is 3. The van der Waals surface area contributed by atoms with E-state index < -0.39 is 17.4 Å². The van der Waals surface area contributed by atoms with Crippen molar-refractivity contribution in [3.8, 4) is 0 Å². The lowest BCUT2D eigenvalue weighted by molar-refractivity contribution is 0.0527. The number of hydrogen-bond donors (Lipinski definition) is 3. The van der Waals surface area contributed by atoms with Gasteiger partial charge >= 0.3 is 5.97 Å². The number of aromatic nitrogens is 2. The maximum Gasteiger partial charge on any atom is 0.350 e. The molecule has 2 aromatic rings. The lowest BCUT2D eigenvalue weighted by Gasteiger charge is -2.32. The number of nitrogens with zero attached hydrogens (tertiary/aromatic N) is 2. The molecule has 0 radical (unpaired) electrons. The number of rotatable bonds is 6. The van der Waals surface area contributed by atoms with Gasteiger partial charge in [0.2, 0.25) is 0 Å². The third-order valence-electron chi connectivity index (χ3n) is 5.16. The van der Waals surface area contributed by atoms with Gasteiger partial charge in [-0.2, -0.15) is 0 Å². The molecule has 0 bridgehead atoms. The number of aromatic amines is 1. The third kappa shape index (κ3) is 6.03. The standard InChI is InChI=1S/C22H29Cl2N5O4S/c1-6-33-20(32)17-16(19(31)28-22(3,4)5)27-21(34-17)29-9-7-12(8-10-29)26-18(30)15-14(24)13(23)11(2)25-15/h12,25H,6-10H2,1-5H3,(H,26,30)(H,28,31). The van der Waals surface area contributed by atoms with Crippen LogP contribution >= 0.6 is 34.5 Å². The molecular weight excluding hydrogens is 501 g/mol. The van der Waals surface area contributed by atoms with Crippen molar-refractivity contribution in [1.29, 1.82) is 0 Å². The first-order valence-electron chi connectivity index (χ1n) is 11.0. The SMILES string of the molecule is CCOC(=O)c1sc(N2CCC(NC(=O)c3[nH]c(C)c(Cl)c3Cl)CC2)nc1C(=O)NC(C)(C)C. The van der Waals surface area contributed by atoms with Crippen LogP contribution in [0.25, 0.3) is 0 Å². The Morgan fingerprint density at radius 1 is 1.18 bits per heavy atom. The number of carbonyl (C=O) groups is 3. The Kier molecular flexibility index (Phi) is 8.15. The van der Waals surface area contributed by atoms with Crippen LogP contribution in [0.1, 0.15) is 76.9 Å². The zero-order valence-electron chi connectivity index (χ0n) is 19.8. The molecule has 1 saturated heterocycles. The van der Waals surface area contributed by atoms with Crippen molar-refractivity contribution >= 4 is 57.5 Å². The number of H-pyrrole nitrogens is 1. The highest BCUT2D eigenvalue weighted by atomic mass is 35.5. The van der Waals surface area contributed by atoms with Gasteiger partial charge in [0, 0.05) is 30.4 Å². The lowest BCUT2D eigenvalue weighted by atomic mass is 10.1. The van der Waals surface area contributed by atoms with Crippen LogP contribution in [0.2, 0.25) is 10.0 Å². The fourth-order valence-corrected chi connectivity index (χ4v) is 4.96. The maximum absolute atomic E-state index is 12.8. The van der Waals surface area contributed by atoms with Crippen molar-refractivity contribution in [2.45, 2.75) is 59.0 Å². The smallest absolute Gasteiger partial charge is 0.350 e. The van der Waals surface area contributed by atoms with E-state index in [9.17, 15) is 14.4 Å². The van der Waals surface area contributed by atoms with E-state index in [1.165, 1.54) is 0 Å². The highest BCUT2D eigenvalue weighted by Crippen LogP contribution is 2.31. The van der Waals surface area contributed by atoms with Crippen LogP contribution < -0.4 is 15.5 Å². The highest BCUT2D eigenvalue weighted by molar-refractivity contribution is 7.17. The topological polar surface area (TPSA) is 116 Å². The van der Waals surface area contributed by atoms with E-state index in [1.54, 1.807) is 13.8 Å². The average molecular weight is 530 g/mol. The average Bonchev–Trinajstić information content (AvgIpc) is 3.31. The third-order valence-corrected chi connectivity index (χ3v) is 7.21. The molecule has 3 rings (SSSR count). The van der Waals surface area contributed by atoms with E-state index in [0.717, 1.165) is 11.3 Å². The molecule has 1 aliphatic heterocycles. The Morgan fingerprint density at radius 2 is 1.82 bits per heavy atom. The van der Waals surface area contributed by atoms with Crippen LogP contribution in [0.5, 0.6) is 0 Å². The Balaban J connectivity index is 1.70. The zero-order chi connectivity index (χ0) is 25.2. The molecule has 1 aliphatic rings. The van der Waals surface area contributed by atoms with E-state index in [4.69, 9.17) is 27.9 Å². The van der Waals surface area contributed by atoms with Crippen LogP contribution in [-0.2, 0) is 4.74 Å². The normalized spacial score (nSPS) is 14.7. The van der Waals surface area contributed by atoms with Crippen LogP contribution in [0.4, 0.5) is 5.13 Å². The molecule has 0 aliphatic carbocycles. The molecule has 3 heterocycles. The van der Waals surface area contributed by atoms with Crippen LogP contribution in [-0.4, -0.2) is 59.0 Å². The fraction of sp³-hybridized carbons (Fsp3) is 0.545. The number of nitrogens with one attached hydrogen (secondary N) is 3. The summed E-state index contributed by atoms with van der Waals surface area (Å²) in [7, 11) is 0. The number of hydrogen-bond acceptors (Lipinski definition) is 7. The van der Waals surface area contributed by atoms with E-state index in [1.807, 2.05) is 25.7 Å². The zero-order valence-corrected chi connectivity index (χ0v) is 22.1. The van der Waals surface area contributed by atoms with Gasteiger partial charge in [0.05, 0.1) is 16.7 Å². The summed E-state index contributed by atoms with van der Waals surface area (Å²) in [6.45, 7) is 10.4. The summed E-state index contributed by atoms with van der Waals surface area (Å²) < 4.78 is 5.13. The number of aryl methyl sites for hydroxylation is 1. The second kappa shape index (κ2) is 10.5. The quantitative estimate of drug-likeness (QED) is 0.483.